The van der Waals surface area contributed by atoms with Crippen molar-refractivity contribution < 1.29 is 9.84 Å². The molecule has 1 heterocycles. The van der Waals surface area contributed by atoms with Gasteiger partial charge in [-0.1, -0.05) is 20.8 Å². The van der Waals surface area contributed by atoms with Crippen LogP contribution in [0.4, 0.5) is 0 Å². The minimum Gasteiger partial charge on any atom is -0.368 e. The van der Waals surface area contributed by atoms with Gasteiger partial charge >= 0.3 is 0 Å². The van der Waals surface area contributed by atoms with Crippen LogP contribution in [0.3, 0.4) is 0 Å². The zero-order chi connectivity index (χ0) is 9.14. The van der Waals surface area contributed by atoms with Crippen LogP contribution in [0.15, 0.2) is 0 Å². The maximum atomic E-state index is 9.41. The van der Waals surface area contributed by atoms with E-state index in [1.165, 1.54) is 0 Å². The van der Waals surface area contributed by atoms with Gasteiger partial charge in [0, 0.05) is 6.42 Å². The predicted octanol–water partition coefficient (Wildman–Crippen LogP) is 2.17. The first-order valence-corrected chi connectivity index (χ1v) is 4.97. The monoisotopic (exact) mass is 172 g/mol. The lowest BCUT2D eigenvalue weighted by atomic mass is 9.85. The van der Waals surface area contributed by atoms with Crippen LogP contribution in [0.2, 0.25) is 0 Å². The van der Waals surface area contributed by atoms with Crippen LogP contribution < -0.4 is 0 Å². The van der Waals surface area contributed by atoms with E-state index in [1.807, 2.05) is 0 Å². The number of aliphatic hydroxyl groups excluding tert-OH is 1. The van der Waals surface area contributed by atoms with Crippen LogP contribution >= 0.6 is 0 Å². The Labute approximate surface area is 74.9 Å². The van der Waals surface area contributed by atoms with Crippen molar-refractivity contribution in [2.45, 2.75) is 52.4 Å². The first-order valence-electron chi connectivity index (χ1n) is 4.97. The van der Waals surface area contributed by atoms with Crippen molar-refractivity contribution in [3.63, 3.8) is 0 Å². The molecule has 0 aromatic carbocycles. The third-order valence-corrected chi connectivity index (χ3v) is 2.82. The van der Waals surface area contributed by atoms with E-state index in [0.717, 1.165) is 19.3 Å². The Hall–Kier alpha value is -0.0800. The highest BCUT2D eigenvalue weighted by Gasteiger charge is 2.28. The SMILES string of the molecule is CCC1CC(C(C)C)CC(O)O1. The molecule has 1 rings (SSSR count). The first-order chi connectivity index (χ1) is 5.63. The van der Waals surface area contributed by atoms with E-state index in [1.54, 1.807) is 0 Å². The highest BCUT2D eigenvalue weighted by molar-refractivity contribution is 4.74. The fourth-order valence-electron chi connectivity index (χ4n) is 1.83. The average molecular weight is 172 g/mol. The zero-order valence-electron chi connectivity index (χ0n) is 8.29. The molecule has 0 aromatic heterocycles. The van der Waals surface area contributed by atoms with Gasteiger partial charge in [-0.2, -0.15) is 0 Å². The maximum absolute atomic E-state index is 9.41. The molecule has 1 fully saturated rings. The minimum absolute atomic E-state index is 0.279. The molecule has 2 heteroatoms. The molecule has 1 aliphatic rings. The summed E-state index contributed by atoms with van der Waals surface area (Å²) in [6, 6.07) is 0. The molecule has 1 saturated heterocycles. The summed E-state index contributed by atoms with van der Waals surface area (Å²) in [4.78, 5) is 0. The van der Waals surface area contributed by atoms with Crippen LogP contribution in [0.25, 0.3) is 0 Å². The quantitative estimate of drug-likeness (QED) is 0.691. The second-order valence-electron chi connectivity index (χ2n) is 4.10. The summed E-state index contributed by atoms with van der Waals surface area (Å²) in [6.45, 7) is 6.55. The highest BCUT2D eigenvalue weighted by atomic mass is 16.6. The lowest BCUT2D eigenvalue weighted by Gasteiger charge is -2.34. The molecule has 0 bridgehead atoms. The van der Waals surface area contributed by atoms with Gasteiger partial charge in [0.25, 0.3) is 0 Å². The molecule has 0 amide bonds. The van der Waals surface area contributed by atoms with E-state index < -0.39 is 6.29 Å². The summed E-state index contributed by atoms with van der Waals surface area (Å²) in [5.74, 6) is 1.30. The van der Waals surface area contributed by atoms with Gasteiger partial charge in [-0.25, -0.2) is 0 Å². The Morgan fingerprint density at radius 1 is 1.42 bits per heavy atom. The number of aliphatic hydroxyl groups is 1. The molecule has 1 aliphatic heterocycles. The largest absolute Gasteiger partial charge is 0.368 e. The van der Waals surface area contributed by atoms with Crippen molar-refractivity contribution in [2.24, 2.45) is 11.8 Å². The van der Waals surface area contributed by atoms with Crippen LogP contribution in [-0.4, -0.2) is 17.5 Å². The van der Waals surface area contributed by atoms with Crippen LogP contribution in [0.5, 0.6) is 0 Å². The topological polar surface area (TPSA) is 29.5 Å². The van der Waals surface area contributed by atoms with Gasteiger partial charge in [0.2, 0.25) is 0 Å². The van der Waals surface area contributed by atoms with Gasteiger partial charge in [0.05, 0.1) is 6.10 Å². The number of ether oxygens (including phenoxy) is 1. The number of hydrogen-bond donors (Lipinski definition) is 1. The summed E-state index contributed by atoms with van der Waals surface area (Å²) in [7, 11) is 0. The summed E-state index contributed by atoms with van der Waals surface area (Å²) in [5.41, 5.74) is 0. The fraction of sp³-hybridized carbons (Fsp3) is 1.00. The lowest BCUT2D eigenvalue weighted by Crippen LogP contribution is -2.34. The third kappa shape index (κ3) is 2.46. The van der Waals surface area contributed by atoms with Crippen molar-refractivity contribution in [2.75, 3.05) is 0 Å². The van der Waals surface area contributed by atoms with Gasteiger partial charge in [-0.15, -0.1) is 0 Å². The second-order valence-corrected chi connectivity index (χ2v) is 4.10. The summed E-state index contributed by atoms with van der Waals surface area (Å²) in [6.07, 6.45) is 2.71. The molecule has 1 N–H and O–H groups in total. The van der Waals surface area contributed by atoms with E-state index in [2.05, 4.69) is 20.8 Å². The molecule has 12 heavy (non-hydrogen) atoms. The predicted molar refractivity (Wildman–Crippen MR) is 48.7 cm³/mol. The molecule has 3 atom stereocenters. The molecule has 0 radical (unpaired) electrons. The second kappa shape index (κ2) is 4.24. The van der Waals surface area contributed by atoms with E-state index >= 15 is 0 Å². The van der Waals surface area contributed by atoms with Gasteiger partial charge in [-0.05, 0) is 24.7 Å². The Balaban J connectivity index is 2.45. The molecule has 0 saturated carbocycles. The number of hydrogen-bond acceptors (Lipinski definition) is 2. The maximum Gasteiger partial charge on any atom is 0.155 e. The van der Waals surface area contributed by atoms with Crippen LogP contribution in [0, 0.1) is 11.8 Å². The van der Waals surface area contributed by atoms with Crippen molar-refractivity contribution in [3.8, 4) is 0 Å². The van der Waals surface area contributed by atoms with E-state index in [0.29, 0.717) is 11.8 Å². The Kier molecular flexibility index (Phi) is 3.53. The van der Waals surface area contributed by atoms with Crippen molar-refractivity contribution in [3.05, 3.63) is 0 Å². The Morgan fingerprint density at radius 2 is 2.08 bits per heavy atom. The molecular weight excluding hydrogens is 152 g/mol. The normalized spacial score (nSPS) is 37.2. The average Bonchev–Trinajstić information content (AvgIpc) is 2.03. The third-order valence-electron chi connectivity index (χ3n) is 2.82. The number of rotatable bonds is 2. The summed E-state index contributed by atoms with van der Waals surface area (Å²) in [5, 5.41) is 9.41. The molecule has 0 aromatic rings. The van der Waals surface area contributed by atoms with Gasteiger partial charge in [-0.3, -0.25) is 0 Å². The molecule has 0 spiro atoms. The highest BCUT2D eigenvalue weighted by Crippen LogP contribution is 2.30. The molecule has 72 valence electrons. The minimum atomic E-state index is -0.518. The van der Waals surface area contributed by atoms with E-state index in [9.17, 15) is 5.11 Å². The van der Waals surface area contributed by atoms with Crippen LogP contribution in [0.1, 0.15) is 40.0 Å². The molecule has 3 unspecified atom stereocenters. The first kappa shape index (κ1) is 10.0. The summed E-state index contributed by atoms with van der Waals surface area (Å²) < 4.78 is 5.37. The summed E-state index contributed by atoms with van der Waals surface area (Å²) >= 11 is 0. The Morgan fingerprint density at radius 3 is 2.58 bits per heavy atom. The van der Waals surface area contributed by atoms with Gasteiger partial charge in [0.15, 0.2) is 6.29 Å². The van der Waals surface area contributed by atoms with Crippen molar-refractivity contribution >= 4 is 0 Å². The van der Waals surface area contributed by atoms with Crippen molar-refractivity contribution in [1.82, 2.24) is 0 Å². The molecular formula is C10H20O2. The van der Waals surface area contributed by atoms with Gasteiger partial charge in [0.1, 0.15) is 0 Å². The zero-order valence-corrected chi connectivity index (χ0v) is 8.29. The fourth-order valence-corrected chi connectivity index (χ4v) is 1.83. The van der Waals surface area contributed by atoms with Gasteiger partial charge < -0.3 is 9.84 Å². The van der Waals surface area contributed by atoms with E-state index in [4.69, 9.17) is 4.74 Å². The standard InChI is InChI=1S/C10H20O2/c1-4-9-5-8(7(2)3)6-10(11)12-9/h7-11H,4-6H2,1-3H3. The van der Waals surface area contributed by atoms with E-state index in [-0.39, 0.29) is 6.10 Å². The molecule has 2 nitrogen and oxygen atoms in total. The smallest absolute Gasteiger partial charge is 0.155 e. The molecule has 0 aliphatic carbocycles. The lowest BCUT2D eigenvalue weighted by molar-refractivity contribution is -0.181. The van der Waals surface area contributed by atoms with Crippen molar-refractivity contribution in [1.29, 1.82) is 0 Å². The van der Waals surface area contributed by atoms with Crippen LogP contribution in [-0.2, 0) is 4.74 Å². The Bertz CT molecular complexity index is 134.